The Morgan fingerprint density at radius 3 is 2.60 bits per heavy atom. The van der Waals surface area contributed by atoms with Crippen molar-refractivity contribution in [2.75, 3.05) is 44.2 Å². The minimum absolute atomic E-state index is 0.0946. The van der Waals surface area contributed by atoms with Gasteiger partial charge in [0.1, 0.15) is 6.04 Å². The highest BCUT2D eigenvalue weighted by molar-refractivity contribution is 5.90. The number of para-hydroxylation sites is 1. The predicted octanol–water partition coefficient (Wildman–Crippen LogP) is 0.385. The summed E-state index contributed by atoms with van der Waals surface area (Å²) < 4.78 is 0. The van der Waals surface area contributed by atoms with Crippen molar-refractivity contribution >= 4 is 17.6 Å². The van der Waals surface area contributed by atoms with Gasteiger partial charge < -0.3 is 20.9 Å². The van der Waals surface area contributed by atoms with Crippen LogP contribution in [-0.2, 0) is 4.79 Å². The molecule has 3 rings (SSSR count). The number of carbonyl (C=O) groups excluding carboxylic acids is 2. The van der Waals surface area contributed by atoms with Crippen LogP contribution in [-0.4, -0.2) is 68.2 Å². The van der Waals surface area contributed by atoms with Crippen LogP contribution >= 0.6 is 0 Å². The fourth-order valence-corrected chi connectivity index (χ4v) is 3.27. The van der Waals surface area contributed by atoms with E-state index in [1.807, 2.05) is 13.0 Å². The highest BCUT2D eigenvalue weighted by Crippen LogP contribution is 2.15. The Kier molecular flexibility index (Phi) is 5.75. The summed E-state index contributed by atoms with van der Waals surface area (Å²) in [6, 6.07) is 9.88. The molecule has 0 saturated carbocycles. The molecule has 3 amide bonds. The van der Waals surface area contributed by atoms with Gasteiger partial charge in [-0.05, 0) is 25.5 Å². The number of rotatable bonds is 6. The van der Waals surface area contributed by atoms with Crippen LogP contribution in [0.5, 0.6) is 0 Å². The van der Waals surface area contributed by atoms with Gasteiger partial charge in [0.05, 0.1) is 0 Å². The molecule has 0 aliphatic carbocycles. The molecular weight excluding hydrogens is 318 g/mol. The van der Waals surface area contributed by atoms with Gasteiger partial charge in [0, 0.05) is 51.0 Å². The molecule has 0 radical (unpaired) electrons. The van der Waals surface area contributed by atoms with Crippen LogP contribution in [0.25, 0.3) is 0 Å². The molecule has 0 bridgehead atoms. The summed E-state index contributed by atoms with van der Waals surface area (Å²) in [5, 5.41) is 8.19. The third kappa shape index (κ3) is 4.85. The van der Waals surface area contributed by atoms with Crippen molar-refractivity contribution in [2.24, 2.45) is 0 Å². The molecule has 0 spiro atoms. The monoisotopic (exact) mass is 345 g/mol. The summed E-state index contributed by atoms with van der Waals surface area (Å²) in [4.78, 5) is 28.0. The minimum atomic E-state index is -0.454. The first-order valence-corrected chi connectivity index (χ1v) is 8.99. The number of hydrogen-bond donors (Lipinski definition) is 3. The fourth-order valence-electron chi connectivity index (χ4n) is 3.27. The molecule has 2 aliphatic rings. The third-order valence-corrected chi connectivity index (χ3v) is 4.85. The molecule has 2 heterocycles. The summed E-state index contributed by atoms with van der Waals surface area (Å²) >= 11 is 0. The van der Waals surface area contributed by atoms with Gasteiger partial charge in [-0.1, -0.05) is 18.2 Å². The molecule has 2 aliphatic heterocycles. The Morgan fingerprint density at radius 1 is 1.24 bits per heavy atom. The molecule has 0 aromatic heterocycles. The number of urea groups is 1. The van der Waals surface area contributed by atoms with Crippen LogP contribution in [0.3, 0.4) is 0 Å². The van der Waals surface area contributed by atoms with Gasteiger partial charge in [0.2, 0.25) is 5.91 Å². The summed E-state index contributed by atoms with van der Waals surface area (Å²) in [5.74, 6) is -0.111. The number of carbonyl (C=O) groups is 2. The van der Waals surface area contributed by atoms with Crippen LogP contribution < -0.4 is 20.9 Å². The smallest absolute Gasteiger partial charge is 0.315 e. The number of benzene rings is 1. The van der Waals surface area contributed by atoms with Crippen LogP contribution in [0.2, 0.25) is 0 Å². The number of piperazine rings is 1. The van der Waals surface area contributed by atoms with Gasteiger partial charge in [-0.2, -0.15) is 0 Å². The molecule has 7 heteroatoms. The van der Waals surface area contributed by atoms with Gasteiger partial charge in [-0.25, -0.2) is 4.79 Å². The van der Waals surface area contributed by atoms with E-state index in [0.29, 0.717) is 6.54 Å². The van der Waals surface area contributed by atoms with Crippen LogP contribution in [0.15, 0.2) is 30.3 Å². The van der Waals surface area contributed by atoms with Crippen LogP contribution in [0, 0.1) is 0 Å². The largest absolute Gasteiger partial charge is 0.369 e. The van der Waals surface area contributed by atoms with Crippen molar-refractivity contribution in [3.8, 4) is 0 Å². The lowest BCUT2D eigenvalue weighted by atomic mass is 10.2. The van der Waals surface area contributed by atoms with Crippen LogP contribution in [0.1, 0.15) is 13.3 Å². The van der Waals surface area contributed by atoms with Gasteiger partial charge >= 0.3 is 6.03 Å². The standard InChI is InChI=1S/C18H27N5O2/c1-14(20-17(24)16-13-19-18(25)21-16)7-8-22-9-11-23(12-10-22)15-5-3-2-4-6-15/h2-6,14,16H,7-13H2,1H3,(H,20,24)(H2,19,21,25)/t14-,16+/m0/s1. The van der Waals surface area contributed by atoms with E-state index in [1.54, 1.807) is 0 Å². The van der Waals surface area contributed by atoms with E-state index in [4.69, 9.17) is 0 Å². The van der Waals surface area contributed by atoms with Gasteiger partial charge in [0.25, 0.3) is 0 Å². The first kappa shape index (κ1) is 17.5. The molecule has 1 aromatic rings. The van der Waals surface area contributed by atoms with E-state index < -0.39 is 6.04 Å². The highest BCUT2D eigenvalue weighted by atomic mass is 16.2. The lowest BCUT2D eigenvalue weighted by Crippen LogP contribution is -2.49. The second-order valence-electron chi connectivity index (χ2n) is 6.77. The zero-order chi connectivity index (χ0) is 17.6. The molecular formula is C18H27N5O2. The Labute approximate surface area is 148 Å². The van der Waals surface area contributed by atoms with E-state index in [1.165, 1.54) is 5.69 Å². The molecule has 2 fully saturated rings. The lowest BCUT2D eigenvalue weighted by Gasteiger charge is -2.36. The Bertz CT molecular complexity index is 586. The number of nitrogens with zero attached hydrogens (tertiary/aromatic N) is 2. The number of nitrogens with one attached hydrogen (secondary N) is 3. The normalized spacial score (nSPS) is 22.2. The number of amides is 3. The predicted molar refractivity (Wildman–Crippen MR) is 97.6 cm³/mol. The molecule has 7 nitrogen and oxygen atoms in total. The van der Waals surface area contributed by atoms with E-state index in [-0.39, 0.29) is 18.0 Å². The van der Waals surface area contributed by atoms with Crippen molar-refractivity contribution in [1.29, 1.82) is 0 Å². The van der Waals surface area contributed by atoms with E-state index in [9.17, 15) is 9.59 Å². The second kappa shape index (κ2) is 8.20. The zero-order valence-corrected chi connectivity index (χ0v) is 14.7. The Balaban J connectivity index is 1.35. The molecule has 136 valence electrons. The lowest BCUT2D eigenvalue weighted by molar-refractivity contribution is -0.123. The van der Waals surface area contributed by atoms with Crippen LogP contribution in [0.4, 0.5) is 10.5 Å². The summed E-state index contributed by atoms with van der Waals surface area (Å²) in [6.45, 7) is 7.49. The molecule has 2 saturated heterocycles. The maximum absolute atomic E-state index is 12.1. The fraction of sp³-hybridized carbons (Fsp3) is 0.556. The van der Waals surface area contributed by atoms with Crippen molar-refractivity contribution in [2.45, 2.75) is 25.4 Å². The average Bonchev–Trinajstić information content (AvgIpc) is 3.08. The minimum Gasteiger partial charge on any atom is -0.369 e. The van der Waals surface area contributed by atoms with Gasteiger partial charge in [-0.15, -0.1) is 0 Å². The highest BCUT2D eigenvalue weighted by Gasteiger charge is 2.27. The zero-order valence-electron chi connectivity index (χ0n) is 14.7. The van der Waals surface area contributed by atoms with E-state index >= 15 is 0 Å². The number of hydrogen-bond acceptors (Lipinski definition) is 4. The molecule has 0 unspecified atom stereocenters. The SMILES string of the molecule is C[C@@H](CCN1CCN(c2ccccc2)CC1)NC(=O)[C@H]1CNC(=O)N1. The average molecular weight is 345 g/mol. The maximum atomic E-state index is 12.1. The summed E-state index contributed by atoms with van der Waals surface area (Å²) in [7, 11) is 0. The van der Waals surface area contributed by atoms with Crippen molar-refractivity contribution in [3.05, 3.63) is 30.3 Å². The third-order valence-electron chi connectivity index (χ3n) is 4.85. The molecule has 2 atom stereocenters. The second-order valence-corrected chi connectivity index (χ2v) is 6.77. The summed E-state index contributed by atoms with van der Waals surface area (Å²) in [5.41, 5.74) is 1.29. The maximum Gasteiger partial charge on any atom is 0.315 e. The quantitative estimate of drug-likeness (QED) is 0.697. The first-order chi connectivity index (χ1) is 12.1. The van der Waals surface area contributed by atoms with Gasteiger partial charge in [0.15, 0.2) is 0 Å². The summed E-state index contributed by atoms with van der Waals surface area (Å²) in [6.07, 6.45) is 0.908. The first-order valence-electron chi connectivity index (χ1n) is 8.99. The topological polar surface area (TPSA) is 76.7 Å². The Hall–Kier alpha value is -2.28. The molecule has 1 aromatic carbocycles. The Morgan fingerprint density at radius 2 is 1.96 bits per heavy atom. The molecule has 25 heavy (non-hydrogen) atoms. The van der Waals surface area contributed by atoms with Crippen molar-refractivity contribution < 1.29 is 9.59 Å². The number of anilines is 1. The van der Waals surface area contributed by atoms with Crippen molar-refractivity contribution in [1.82, 2.24) is 20.9 Å². The van der Waals surface area contributed by atoms with Gasteiger partial charge in [-0.3, -0.25) is 9.69 Å². The van der Waals surface area contributed by atoms with E-state index in [2.05, 4.69) is 50.0 Å². The molecule has 3 N–H and O–H groups in total. The van der Waals surface area contributed by atoms with Crippen molar-refractivity contribution in [3.63, 3.8) is 0 Å². The van der Waals surface area contributed by atoms with E-state index in [0.717, 1.165) is 39.1 Å².